The van der Waals surface area contributed by atoms with Crippen LogP contribution in [0.2, 0.25) is 0 Å². The molecule has 0 spiro atoms. The fourth-order valence-electron chi connectivity index (χ4n) is 1.45. The molecule has 0 aliphatic heterocycles. The molecule has 0 saturated heterocycles. The van der Waals surface area contributed by atoms with Crippen molar-refractivity contribution < 1.29 is 4.79 Å². The van der Waals surface area contributed by atoms with Crippen molar-refractivity contribution in [2.45, 2.75) is 40.0 Å². The van der Waals surface area contributed by atoms with Crippen LogP contribution in [0.4, 0.5) is 0 Å². The highest BCUT2D eigenvalue weighted by Gasteiger charge is 2.08. The number of amides is 1. The third-order valence-corrected chi connectivity index (χ3v) is 2.55. The molecule has 0 saturated carbocycles. The van der Waals surface area contributed by atoms with Crippen molar-refractivity contribution in [1.82, 2.24) is 10.2 Å². The van der Waals surface area contributed by atoms with Crippen molar-refractivity contribution in [3.8, 4) is 0 Å². The maximum atomic E-state index is 11.7. The maximum absolute atomic E-state index is 11.7. The largest absolute Gasteiger partial charge is 0.370 e. The van der Waals surface area contributed by atoms with E-state index in [0.717, 1.165) is 32.5 Å². The molecule has 5 nitrogen and oxygen atoms in total. The van der Waals surface area contributed by atoms with E-state index in [1.807, 2.05) is 18.7 Å². The van der Waals surface area contributed by atoms with Crippen LogP contribution in [-0.2, 0) is 4.79 Å². The van der Waals surface area contributed by atoms with Crippen LogP contribution < -0.4 is 11.1 Å². The zero-order chi connectivity index (χ0) is 13.1. The molecule has 1 amide bonds. The molecular formula is C12H26N4O. The molecule has 3 N–H and O–H groups in total. The summed E-state index contributed by atoms with van der Waals surface area (Å²) in [6, 6.07) is 0. The Morgan fingerprint density at radius 1 is 1.29 bits per heavy atom. The van der Waals surface area contributed by atoms with Crippen LogP contribution in [-0.4, -0.2) is 42.9 Å². The number of carbonyl (C=O) groups is 1. The molecule has 0 heterocycles. The van der Waals surface area contributed by atoms with Crippen LogP contribution in [0, 0.1) is 0 Å². The van der Waals surface area contributed by atoms with Gasteiger partial charge in [0.25, 0.3) is 0 Å². The zero-order valence-electron chi connectivity index (χ0n) is 11.3. The predicted octanol–water partition coefficient (Wildman–Crippen LogP) is 0.949. The smallest absolute Gasteiger partial charge is 0.224 e. The average Bonchev–Trinajstić information content (AvgIpc) is 2.31. The van der Waals surface area contributed by atoms with E-state index in [1.165, 1.54) is 0 Å². The van der Waals surface area contributed by atoms with Crippen molar-refractivity contribution in [3.63, 3.8) is 0 Å². The van der Waals surface area contributed by atoms with Gasteiger partial charge in [0.1, 0.15) is 0 Å². The van der Waals surface area contributed by atoms with Crippen LogP contribution in [0.3, 0.4) is 0 Å². The van der Waals surface area contributed by atoms with E-state index >= 15 is 0 Å². The first-order chi connectivity index (χ1) is 8.15. The topological polar surface area (TPSA) is 70.7 Å². The van der Waals surface area contributed by atoms with Gasteiger partial charge in [0.2, 0.25) is 5.91 Å². The lowest BCUT2D eigenvalue weighted by atomic mass is 10.3. The van der Waals surface area contributed by atoms with Gasteiger partial charge in [-0.1, -0.05) is 13.3 Å². The van der Waals surface area contributed by atoms with E-state index in [2.05, 4.69) is 17.2 Å². The number of nitrogens with zero attached hydrogens (tertiary/aromatic N) is 2. The van der Waals surface area contributed by atoms with Crippen LogP contribution in [0.1, 0.15) is 40.0 Å². The van der Waals surface area contributed by atoms with Crippen LogP contribution >= 0.6 is 0 Å². The van der Waals surface area contributed by atoms with Crippen molar-refractivity contribution in [1.29, 1.82) is 0 Å². The second-order valence-electron chi connectivity index (χ2n) is 3.86. The lowest BCUT2D eigenvalue weighted by Crippen LogP contribution is -2.37. The second kappa shape index (κ2) is 9.93. The summed E-state index contributed by atoms with van der Waals surface area (Å²) >= 11 is 0. The lowest BCUT2D eigenvalue weighted by Gasteiger charge is -2.18. The normalized spacial score (nSPS) is 11.4. The molecule has 0 unspecified atom stereocenters. The molecule has 0 fully saturated rings. The minimum absolute atomic E-state index is 0.156. The molecule has 0 aromatic rings. The molecule has 0 bridgehead atoms. The highest BCUT2D eigenvalue weighted by Crippen LogP contribution is 1.92. The third kappa shape index (κ3) is 7.60. The minimum Gasteiger partial charge on any atom is -0.370 e. The molecule has 5 heteroatoms. The monoisotopic (exact) mass is 242 g/mol. The molecule has 0 aliphatic rings. The number of hydrogen-bond acceptors (Lipinski definition) is 2. The molecule has 0 aliphatic carbocycles. The average molecular weight is 242 g/mol. The SMILES string of the molecule is CCCCN=C(N)NCCC(=O)N(CC)CC. The summed E-state index contributed by atoms with van der Waals surface area (Å²) in [5, 5.41) is 2.96. The van der Waals surface area contributed by atoms with Gasteiger partial charge in [-0.2, -0.15) is 0 Å². The Morgan fingerprint density at radius 3 is 2.47 bits per heavy atom. The van der Waals surface area contributed by atoms with E-state index in [0.29, 0.717) is 18.9 Å². The molecule has 17 heavy (non-hydrogen) atoms. The number of guanidine groups is 1. The second-order valence-corrected chi connectivity index (χ2v) is 3.86. The summed E-state index contributed by atoms with van der Waals surface area (Å²) in [6.07, 6.45) is 2.61. The molecule has 0 radical (unpaired) electrons. The lowest BCUT2D eigenvalue weighted by molar-refractivity contribution is -0.130. The number of carbonyl (C=O) groups excluding carboxylic acids is 1. The Labute approximate surface area is 104 Å². The third-order valence-electron chi connectivity index (χ3n) is 2.55. The quantitative estimate of drug-likeness (QED) is 0.378. The minimum atomic E-state index is 0.156. The van der Waals surface area contributed by atoms with Gasteiger partial charge < -0.3 is 16.0 Å². The Balaban J connectivity index is 3.75. The number of nitrogens with one attached hydrogen (secondary N) is 1. The number of aliphatic imine (C=N–C) groups is 1. The number of unbranched alkanes of at least 4 members (excludes halogenated alkanes) is 1. The van der Waals surface area contributed by atoms with Gasteiger partial charge in [-0.15, -0.1) is 0 Å². The van der Waals surface area contributed by atoms with Crippen LogP contribution in [0.25, 0.3) is 0 Å². The van der Waals surface area contributed by atoms with E-state index in [-0.39, 0.29) is 5.91 Å². The van der Waals surface area contributed by atoms with Gasteiger partial charge in [0.15, 0.2) is 5.96 Å². The van der Waals surface area contributed by atoms with Crippen LogP contribution in [0.5, 0.6) is 0 Å². The van der Waals surface area contributed by atoms with Crippen molar-refractivity contribution in [2.24, 2.45) is 10.7 Å². The summed E-state index contributed by atoms with van der Waals surface area (Å²) in [5.74, 6) is 0.592. The van der Waals surface area contributed by atoms with E-state index < -0.39 is 0 Å². The van der Waals surface area contributed by atoms with Crippen molar-refractivity contribution >= 4 is 11.9 Å². The van der Waals surface area contributed by atoms with Gasteiger partial charge >= 0.3 is 0 Å². The highest BCUT2D eigenvalue weighted by atomic mass is 16.2. The maximum Gasteiger partial charge on any atom is 0.224 e. The summed E-state index contributed by atoms with van der Waals surface area (Å²) in [4.78, 5) is 17.6. The summed E-state index contributed by atoms with van der Waals surface area (Å²) in [5.41, 5.74) is 5.66. The van der Waals surface area contributed by atoms with E-state index in [1.54, 1.807) is 0 Å². The summed E-state index contributed by atoms with van der Waals surface area (Å²) in [7, 11) is 0. The zero-order valence-corrected chi connectivity index (χ0v) is 11.3. The predicted molar refractivity (Wildman–Crippen MR) is 71.9 cm³/mol. The molecular weight excluding hydrogens is 216 g/mol. The van der Waals surface area contributed by atoms with E-state index in [4.69, 9.17) is 5.73 Å². The van der Waals surface area contributed by atoms with Gasteiger partial charge in [0.05, 0.1) is 0 Å². The number of nitrogens with two attached hydrogens (primary N) is 1. The number of rotatable bonds is 8. The Hall–Kier alpha value is -1.26. The van der Waals surface area contributed by atoms with Gasteiger partial charge in [-0.05, 0) is 20.3 Å². The summed E-state index contributed by atoms with van der Waals surface area (Å²) < 4.78 is 0. The van der Waals surface area contributed by atoms with Crippen LogP contribution in [0.15, 0.2) is 4.99 Å². The molecule has 0 atom stereocenters. The summed E-state index contributed by atoms with van der Waals surface area (Å²) in [6.45, 7) is 8.90. The molecule has 0 aromatic carbocycles. The van der Waals surface area contributed by atoms with Crippen molar-refractivity contribution in [3.05, 3.63) is 0 Å². The molecule has 100 valence electrons. The van der Waals surface area contributed by atoms with Gasteiger partial charge in [-0.25, -0.2) is 0 Å². The Bertz CT molecular complexity index is 237. The fraction of sp³-hybridized carbons (Fsp3) is 0.833. The molecule has 0 rings (SSSR count). The Morgan fingerprint density at radius 2 is 1.94 bits per heavy atom. The highest BCUT2D eigenvalue weighted by molar-refractivity contribution is 5.80. The molecule has 0 aromatic heterocycles. The van der Waals surface area contributed by atoms with Gasteiger partial charge in [0, 0.05) is 32.6 Å². The van der Waals surface area contributed by atoms with Crippen molar-refractivity contribution in [2.75, 3.05) is 26.2 Å². The first-order valence-electron chi connectivity index (χ1n) is 6.47. The van der Waals surface area contributed by atoms with E-state index in [9.17, 15) is 4.79 Å². The Kier molecular flexibility index (Phi) is 9.19. The first-order valence-corrected chi connectivity index (χ1v) is 6.47. The first kappa shape index (κ1) is 15.7. The number of hydrogen-bond donors (Lipinski definition) is 2. The standard InChI is InChI=1S/C12H26N4O/c1-4-7-9-14-12(13)15-10-8-11(17)16(5-2)6-3/h4-10H2,1-3H3,(H3,13,14,15). The van der Waals surface area contributed by atoms with Gasteiger partial charge in [-0.3, -0.25) is 9.79 Å². The fourth-order valence-corrected chi connectivity index (χ4v) is 1.45.